The summed E-state index contributed by atoms with van der Waals surface area (Å²) in [7, 11) is 4.14. The normalized spacial score (nSPS) is 12.6. The van der Waals surface area contributed by atoms with Crippen molar-refractivity contribution in [2.24, 2.45) is 0 Å². The summed E-state index contributed by atoms with van der Waals surface area (Å²) in [5.41, 5.74) is 2.52. The van der Waals surface area contributed by atoms with E-state index < -0.39 is 0 Å². The van der Waals surface area contributed by atoms with Crippen LogP contribution in [0.4, 0.5) is 0 Å². The van der Waals surface area contributed by atoms with Crippen molar-refractivity contribution in [1.29, 1.82) is 0 Å². The first-order valence-electron chi connectivity index (χ1n) is 7.19. The topological polar surface area (TPSA) is 28.2 Å². The van der Waals surface area contributed by atoms with Crippen LogP contribution in [0, 0.1) is 0 Å². The van der Waals surface area contributed by atoms with E-state index in [1.54, 1.807) is 6.20 Å². The molecule has 0 fully saturated rings. The van der Waals surface area contributed by atoms with E-state index in [1.165, 1.54) is 11.1 Å². The highest BCUT2D eigenvalue weighted by molar-refractivity contribution is 6.30. The Labute approximate surface area is 132 Å². The van der Waals surface area contributed by atoms with Crippen LogP contribution in [0.2, 0.25) is 5.02 Å². The molecular formula is C17H22ClN3. The van der Waals surface area contributed by atoms with Gasteiger partial charge in [0.2, 0.25) is 0 Å². The van der Waals surface area contributed by atoms with E-state index in [9.17, 15) is 0 Å². The zero-order chi connectivity index (χ0) is 15.1. The summed E-state index contributed by atoms with van der Waals surface area (Å²) < 4.78 is 0. The minimum absolute atomic E-state index is 0.346. The van der Waals surface area contributed by atoms with Crippen molar-refractivity contribution in [1.82, 2.24) is 15.2 Å². The average molecular weight is 304 g/mol. The molecule has 0 radical (unpaired) electrons. The number of benzene rings is 1. The number of nitrogens with zero attached hydrogens (tertiary/aromatic N) is 2. The first-order valence-corrected chi connectivity index (χ1v) is 7.57. The van der Waals surface area contributed by atoms with Gasteiger partial charge in [0, 0.05) is 30.0 Å². The van der Waals surface area contributed by atoms with Crippen LogP contribution in [0.3, 0.4) is 0 Å². The lowest BCUT2D eigenvalue weighted by atomic mass is 10.0. The van der Waals surface area contributed by atoms with E-state index in [-0.39, 0.29) is 0 Å². The Morgan fingerprint density at radius 3 is 2.62 bits per heavy atom. The molecule has 21 heavy (non-hydrogen) atoms. The molecule has 0 aliphatic rings. The van der Waals surface area contributed by atoms with Crippen molar-refractivity contribution in [2.75, 3.05) is 20.6 Å². The molecule has 0 aliphatic heterocycles. The second-order valence-corrected chi connectivity index (χ2v) is 5.72. The molecule has 1 aromatic heterocycles. The molecule has 0 saturated heterocycles. The van der Waals surface area contributed by atoms with Crippen molar-refractivity contribution >= 4 is 11.6 Å². The molecule has 0 aliphatic carbocycles. The summed E-state index contributed by atoms with van der Waals surface area (Å²) in [6, 6.07) is 12.5. The van der Waals surface area contributed by atoms with Gasteiger partial charge >= 0.3 is 0 Å². The number of rotatable bonds is 7. The molecule has 3 nitrogen and oxygen atoms in total. The number of halogens is 1. The van der Waals surface area contributed by atoms with E-state index in [1.807, 2.05) is 31.4 Å². The van der Waals surface area contributed by atoms with Crippen LogP contribution in [-0.2, 0) is 6.54 Å². The van der Waals surface area contributed by atoms with Gasteiger partial charge in [-0.3, -0.25) is 4.98 Å². The van der Waals surface area contributed by atoms with Gasteiger partial charge in [-0.1, -0.05) is 29.8 Å². The molecule has 1 aromatic carbocycles. The predicted octanol–water partition coefficient (Wildman–Crippen LogP) is 3.52. The Hall–Kier alpha value is -1.42. The third-order valence-electron chi connectivity index (χ3n) is 3.60. The molecule has 0 amide bonds. The standard InChI is InChI=1S/C17H22ClN3/c1-19-17(15-5-7-16(18)8-6-15)9-11-21(2)13-14-4-3-10-20-12-14/h3-8,10,12,17,19H,9,11,13H2,1-2H3. The van der Waals surface area contributed by atoms with Gasteiger partial charge in [0.1, 0.15) is 0 Å². The molecule has 0 saturated carbocycles. The molecule has 2 aromatic rings. The fourth-order valence-corrected chi connectivity index (χ4v) is 2.53. The van der Waals surface area contributed by atoms with Gasteiger partial charge in [0.05, 0.1) is 0 Å². The summed E-state index contributed by atoms with van der Waals surface area (Å²) >= 11 is 5.94. The molecule has 2 rings (SSSR count). The molecule has 1 unspecified atom stereocenters. The molecular weight excluding hydrogens is 282 g/mol. The second-order valence-electron chi connectivity index (χ2n) is 5.28. The third kappa shape index (κ3) is 5.12. The molecule has 112 valence electrons. The molecule has 4 heteroatoms. The van der Waals surface area contributed by atoms with E-state index in [2.05, 4.69) is 40.4 Å². The first-order chi connectivity index (χ1) is 10.2. The maximum Gasteiger partial charge on any atom is 0.0406 e. The highest BCUT2D eigenvalue weighted by atomic mass is 35.5. The summed E-state index contributed by atoms with van der Waals surface area (Å²) in [5, 5.41) is 4.15. The van der Waals surface area contributed by atoms with Crippen LogP contribution in [0.25, 0.3) is 0 Å². The van der Waals surface area contributed by atoms with Crippen molar-refractivity contribution in [3.8, 4) is 0 Å². The smallest absolute Gasteiger partial charge is 0.0406 e. The largest absolute Gasteiger partial charge is 0.313 e. The maximum absolute atomic E-state index is 5.94. The van der Waals surface area contributed by atoms with Gasteiger partial charge in [-0.15, -0.1) is 0 Å². The van der Waals surface area contributed by atoms with Crippen LogP contribution in [0.5, 0.6) is 0 Å². The number of hydrogen-bond acceptors (Lipinski definition) is 3. The monoisotopic (exact) mass is 303 g/mol. The Bertz CT molecular complexity index is 527. The fourth-order valence-electron chi connectivity index (χ4n) is 2.40. The van der Waals surface area contributed by atoms with Crippen LogP contribution in [0.1, 0.15) is 23.6 Å². The molecule has 0 bridgehead atoms. The summed E-state index contributed by atoms with van der Waals surface area (Å²) in [5.74, 6) is 0. The Balaban J connectivity index is 1.86. The maximum atomic E-state index is 5.94. The van der Waals surface area contributed by atoms with Crippen molar-refractivity contribution < 1.29 is 0 Å². The zero-order valence-corrected chi connectivity index (χ0v) is 13.3. The van der Waals surface area contributed by atoms with Gasteiger partial charge in [-0.05, 0) is 56.4 Å². The van der Waals surface area contributed by atoms with Gasteiger partial charge in [-0.2, -0.15) is 0 Å². The highest BCUT2D eigenvalue weighted by Crippen LogP contribution is 2.19. The Morgan fingerprint density at radius 1 is 1.24 bits per heavy atom. The minimum atomic E-state index is 0.346. The fraction of sp³-hybridized carbons (Fsp3) is 0.353. The summed E-state index contributed by atoms with van der Waals surface area (Å²) in [6.45, 7) is 1.94. The quantitative estimate of drug-likeness (QED) is 0.848. The van der Waals surface area contributed by atoms with Crippen LogP contribution in [0.15, 0.2) is 48.8 Å². The minimum Gasteiger partial charge on any atom is -0.313 e. The van der Waals surface area contributed by atoms with Gasteiger partial charge in [0.25, 0.3) is 0 Å². The van der Waals surface area contributed by atoms with Crippen molar-refractivity contribution in [3.05, 3.63) is 64.9 Å². The van der Waals surface area contributed by atoms with Crippen LogP contribution in [-0.4, -0.2) is 30.5 Å². The second kappa shape index (κ2) is 8.13. The SMILES string of the molecule is CNC(CCN(C)Cc1cccnc1)c1ccc(Cl)cc1. The lowest BCUT2D eigenvalue weighted by Crippen LogP contribution is -2.25. The lowest BCUT2D eigenvalue weighted by Gasteiger charge is -2.22. The molecule has 0 spiro atoms. The van der Waals surface area contributed by atoms with Gasteiger partial charge < -0.3 is 10.2 Å². The van der Waals surface area contributed by atoms with Crippen molar-refractivity contribution in [2.45, 2.75) is 19.0 Å². The number of aromatic nitrogens is 1. The van der Waals surface area contributed by atoms with E-state index in [4.69, 9.17) is 11.6 Å². The zero-order valence-electron chi connectivity index (χ0n) is 12.6. The van der Waals surface area contributed by atoms with Gasteiger partial charge in [0.15, 0.2) is 0 Å². The summed E-state index contributed by atoms with van der Waals surface area (Å²) in [6.07, 6.45) is 4.78. The predicted molar refractivity (Wildman–Crippen MR) is 88.4 cm³/mol. The molecule has 1 atom stereocenters. The van der Waals surface area contributed by atoms with E-state index in [0.29, 0.717) is 6.04 Å². The molecule has 1 N–H and O–H groups in total. The lowest BCUT2D eigenvalue weighted by molar-refractivity contribution is 0.303. The van der Waals surface area contributed by atoms with E-state index >= 15 is 0 Å². The Morgan fingerprint density at radius 2 is 2.00 bits per heavy atom. The third-order valence-corrected chi connectivity index (χ3v) is 3.85. The Kier molecular flexibility index (Phi) is 6.18. The average Bonchev–Trinajstić information content (AvgIpc) is 2.50. The summed E-state index contributed by atoms with van der Waals surface area (Å²) in [4.78, 5) is 6.47. The highest BCUT2D eigenvalue weighted by Gasteiger charge is 2.10. The number of nitrogens with one attached hydrogen (secondary N) is 1. The van der Waals surface area contributed by atoms with Crippen LogP contribution < -0.4 is 5.32 Å². The van der Waals surface area contributed by atoms with Crippen molar-refractivity contribution in [3.63, 3.8) is 0 Å². The number of pyridine rings is 1. The number of hydrogen-bond donors (Lipinski definition) is 1. The van der Waals surface area contributed by atoms with Gasteiger partial charge in [-0.25, -0.2) is 0 Å². The van der Waals surface area contributed by atoms with Crippen LogP contribution >= 0.6 is 11.6 Å². The molecule has 1 heterocycles. The van der Waals surface area contributed by atoms with E-state index in [0.717, 1.165) is 24.5 Å². The first kappa shape index (κ1) is 16.0.